The zero-order valence-electron chi connectivity index (χ0n) is 10.1. The lowest BCUT2D eigenvalue weighted by Crippen LogP contribution is -2.55. The minimum Gasteiger partial charge on any atom is -0.480 e. The minimum atomic E-state index is -1.14. The number of terminal acetylenes is 1. The number of hydrogen-bond donors (Lipinski definition) is 1. The topological polar surface area (TPSA) is 81.2 Å². The van der Waals surface area contributed by atoms with Crippen LogP contribution >= 0.6 is 0 Å². The third-order valence-electron chi connectivity index (χ3n) is 2.61. The van der Waals surface area contributed by atoms with Gasteiger partial charge in [0.25, 0.3) is 0 Å². The number of piperazine rings is 1. The summed E-state index contributed by atoms with van der Waals surface area (Å²) in [6.45, 7) is 0.203. The number of carbonyl (C=O) groups is 3. The Morgan fingerprint density at radius 2 is 2.17 bits per heavy atom. The smallest absolute Gasteiger partial charge is 0.323 e. The highest BCUT2D eigenvalue weighted by molar-refractivity contribution is 5.86. The number of nitrogens with zero attached hydrogens (tertiary/aromatic N) is 3. The third kappa shape index (κ3) is 3.38. The Bertz CT molecular complexity index is 402. The second-order valence-corrected chi connectivity index (χ2v) is 3.97. The Labute approximate surface area is 105 Å². The predicted octanol–water partition coefficient (Wildman–Crippen LogP) is -1.10. The molecule has 3 amide bonds. The fourth-order valence-corrected chi connectivity index (χ4v) is 1.59. The summed E-state index contributed by atoms with van der Waals surface area (Å²) in [5.41, 5.74) is 0. The number of hydrogen-bond acceptors (Lipinski definition) is 3. The lowest BCUT2D eigenvalue weighted by atomic mass is 10.3. The van der Waals surface area contributed by atoms with Crippen LogP contribution in [-0.2, 0) is 9.59 Å². The van der Waals surface area contributed by atoms with E-state index >= 15 is 0 Å². The maximum atomic E-state index is 12.0. The molecule has 1 saturated heterocycles. The van der Waals surface area contributed by atoms with Gasteiger partial charge in [-0.2, -0.15) is 0 Å². The summed E-state index contributed by atoms with van der Waals surface area (Å²) in [6, 6.07) is -0.517. The van der Waals surface area contributed by atoms with Crippen molar-refractivity contribution >= 4 is 17.9 Å². The van der Waals surface area contributed by atoms with Gasteiger partial charge in [-0.3, -0.25) is 9.59 Å². The van der Waals surface area contributed by atoms with Crippen LogP contribution in [0.2, 0.25) is 0 Å². The van der Waals surface area contributed by atoms with Crippen molar-refractivity contribution in [3.63, 3.8) is 0 Å². The van der Waals surface area contributed by atoms with Crippen molar-refractivity contribution in [2.24, 2.45) is 0 Å². The van der Waals surface area contributed by atoms with E-state index in [-0.39, 0.29) is 19.0 Å². The van der Waals surface area contributed by atoms with Gasteiger partial charge in [0, 0.05) is 20.1 Å². The van der Waals surface area contributed by atoms with Gasteiger partial charge in [-0.25, -0.2) is 4.79 Å². The molecular weight excluding hydrogens is 238 g/mol. The Morgan fingerprint density at radius 1 is 1.50 bits per heavy atom. The Morgan fingerprint density at radius 3 is 2.67 bits per heavy atom. The molecule has 0 saturated carbocycles. The summed E-state index contributed by atoms with van der Waals surface area (Å²) in [4.78, 5) is 38.0. The summed E-state index contributed by atoms with van der Waals surface area (Å²) in [5, 5.41) is 8.70. The van der Waals surface area contributed by atoms with Gasteiger partial charge in [-0.1, -0.05) is 5.92 Å². The second-order valence-electron chi connectivity index (χ2n) is 3.97. The molecule has 18 heavy (non-hydrogen) atoms. The molecule has 0 atom stereocenters. The van der Waals surface area contributed by atoms with Crippen molar-refractivity contribution in [2.45, 2.75) is 0 Å². The molecule has 1 aliphatic heterocycles. The standard InChI is InChI=1S/C11H15N3O4/c1-3-4-13(8-10(16)17)11(18)14-6-5-12(2)9(15)7-14/h1H,4-8H2,2H3,(H,16,17). The first-order valence-corrected chi connectivity index (χ1v) is 5.38. The molecule has 1 rings (SSSR count). The van der Waals surface area contributed by atoms with Crippen LogP contribution in [0, 0.1) is 12.3 Å². The maximum Gasteiger partial charge on any atom is 0.323 e. The third-order valence-corrected chi connectivity index (χ3v) is 2.61. The number of likely N-dealkylation sites (N-methyl/N-ethyl adjacent to an activating group) is 1. The summed E-state index contributed by atoms with van der Waals surface area (Å²) in [7, 11) is 1.65. The predicted molar refractivity (Wildman–Crippen MR) is 62.6 cm³/mol. The highest BCUT2D eigenvalue weighted by Crippen LogP contribution is 2.05. The summed E-state index contributed by atoms with van der Waals surface area (Å²) < 4.78 is 0. The first-order chi connectivity index (χ1) is 8.45. The van der Waals surface area contributed by atoms with Crippen LogP contribution in [-0.4, -0.2) is 77.5 Å². The van der Waals surface area contributed by atoms with E-state index in [4.69, 9.17) is 11.5 Å². The zero-order chi connectivity index (χ0) is 13.7. The van der Waals surface area contributed by atoms with Crippen LogP contribution in [0.3, 0.4) is 0 Å². The zero-order valence-corrected chi connectivity index (χ0v) is 10.1. The van der Waals surface area contributed by atoms with Crippen LogP contribution in [0.4, 0.5) is 4.79 Å². The van der Waals surface area contributed by atoms with Crippen LogP contribution < -0.4 is 0 Å². The van der Waals surface area contributed by atoms with Gasteiger partial charge < -0.3 is 19.8 Å². The fraction of sp³-hybridized carbons (Fsp3) is 0.545. The van der Waals surface area contributed by atoms with Gasteiger partial charge >= 0.3 is 12.0 Å². The van der Waals surface area contributed by atoms with Crippen LogP contribution in [0.25, 0.3) is 0 Å². The number of carboxylic acid groups (broad SMARTS) is 1. The number of amides is 3. The Hall–Kier alpha value is -2.23. The second kappa shape index (κ2) is 5.91. The summed E-state index contributed by atoms with van der Waals surface area (Å²) >= 11 is 0. The minimum absolute atomic E-state index is 0.0456. The molecule has 1 fully saturated rings. The van der Waals surface area contributed by atoms with E-state index in [0.717, 1.165) is 4.90 Å². The van der Waals surface area contributed by atoms with Crippen LogP contribution in [0.1, 0.15) is 0 Å². The highest BCUT2D eigenvalue weighted by atomic mass is 16.4. The molecule has 0 spiro atoms. The van der Waals surface area contributed by atoms with E-state index in [2.05, 4.69) is 5.92 Å². The van der Waals surface area contributed by atoms with Crippen molar-refractivity contribution in [1.29, 1.82) is 0 Å². The molecule has 0 aromatic carbocycles. The van der Waals surface area contributed by atoms with Gasteiger partial charge in [0.1, 0.15) is 13.1 Å². The average Bonchev–Trinajstić information content (AvgIpc) is 2.31. The Kier molecular flexibility index (Phi) is 4.54. The van der Waals surface area contributed by atoms with Gasteiger partial charge in [0.15, 0.2) is 0 Å². The van der Waals surface area contributed by atoms with Gasteiger partial charge in [0.2, 0.25) is 5.91 Å². The monoisotopic (exact) mass is 253 g/mol. The molecule has 1 heterocycles. The summed E-state index contributed by atoms with van der Waals surface area (Å²) in [6.07, 6.45) is 5.09. The van der Waals surface area contributed by atoms with Crippen LogP contribution in [0.5, 0.6) is 0 Å². The van der Waals surface area contributed by atoms with Crippen molar-refractivity contribution in [2.75, 3.05) is 39.8 Å². The molecule has 0 aliphatic carbocycles. The number of aliphatic carboxylic acids is 1. The summed E-state index contributed by atoms with van der Waals surface area (Å²) in [5.74, 6) is 0.918. The quantitative estimate of drug-likeness (QED) is 0.647. The number of rotatable bonds is 3. The van der Waals surface area contributed by atoms with E-state index in [1.165, 1.54) is 9.80 Å². The average molecular weight is 253 g/mol. The maximum absolute atomic E-state index is 12.0. The van der Waals surface area contributed by atoms with Gasteiger partial charge in [0.05, 0.1) is 6.54 Å². The SMILES string of the molecule is C#CCN(CC(=O)O)C(=O)N1CCN(C)C(=O)C1. The molecule has 1 N–H and O–H groups in total. The Balaban J connectivity index is 2.68. The molecule has 0 unspecified atom stereocenters. The van der Waals surface area contributed by atoms with Gasteiger partial charge in [-0.05, 0) is 0 Å². The molecule has 0 aromatic heterocycles. The molecule has 7 heteroatoms. The first kappa shape index (κ1) is 13.8. The van der Waals surface area contributed by atoms with E-state index in [1.54, 1.807) is 7.05 Å². The molecule has 98 valence electrons. The van der Waals surface area contributed by atoms with Crippen molar-refractivity contribution in [1.82, 2.24) is 14.7 Å². The first-order valence-electron chi connectivity index (χ1n) is 5.38. The van der Waals surface area contributed by atoms with E-state index in [9.17, 15) is 14.4 Å². The van der Waals surface area contributed by atoms with Crippen molar-refractivity contribution < 1.29 is 19.5 Å². The molecule has 7 nitrogen and oxygen atoms in total. The highest BCUT2D eigenvalue weighted by Gasteiger charge is 2.28. The molecule has 1 aliphatic rings. The van der Waals surface area contributed by atoms with E-state index < -0.39 is 18.5 Å². The number of urea groups is 1. The normalized spacial score (nSPS) is 15.2. The van der Waals surface area contributed by atoms with Crippen molar-refractivity contribution in [3.05, 3.63) is 0 Å². The fourth-order valence-electron chi connectivity index (χ4n) is 1.59. The van der Waals surface area contributed by atoms with Crippen molar-refractivity contribution in [3.8, 4) is 12.3 Å². The molecule has 0 radical (unpaired) electrons. The van der Waals surface area contributed by atoms with E-state index in [1.807, 2.05) is 0 Å². The lowest BCUT2D eigenvalue weighted by molar-refractivity contribution is -0.137. The molecule has 0 bridgehead atoms. The largest absolute Gasteiger partial charge is 0.480 e. The number of carboxylic acids is 1. The van der Waals surface area contributed by atoms with Gasteiger partial charge in [-0.15, -0.1) is 6.42 Å². The molecule has 0 aromatic rings. The number of carbonyl (C=O) groups excluding carboxylic acids is 2. The van der Waals surface area contributed by atoms with Crippen LogP contribution in [0.15, 0.2) is 0 Å². The van der Waals surface area contributed by atoms with E-state index in [0.29, 0.717) is 13.1 Å². The lowest BCUT2D eigenvalue weighted by Gasteiger charge is -2.34. The molecular formula is C11H15N3O4.